The Morgan fingerprint density at radius 1 is 1.15 bits per heavy atom. The van der Waals surface area contributed by atoms with Crippen molar-refractivity contribution in [2.24, 2.45) is 0 Å². The molecule has 1 amide bonds. The van der Waals surface area contributed by atoms with Crippen molar-refractivity contribution in [1.82, 2.24) is 14.8 Å². The van der Waals surface area contributed by atoms with Gasteiger partial charge in [0.2, 0.25) is 0 Å². The van der Waals surface area contributed by atoms with Gasteiger partial charge >= 0.3 is 0 Å². The molecule has 34 heavy (non-hydrogen) atoms. The summed E-state index contributed by atoms with van der Waals surface area (Å²) < 4.78 is 13.8. The standard InChI is InChI=1S/C27H35FN4O2/c1-16-10-22(28)11-17(2)24(16)14-29-25-13-21(12-23-19(4)20(5)30-26(23)25)27(34)32-7-6-31(8-9-33)15-18(32)3/h10-13,18,29-30,33H,6-9,14-15H2,1-5H3. The summed E-state index contributed by atoms with van der Waals surface area (Å²) in [6, 6.07) is 7.10. The van der Waals surface area contributed by atoms with Gasteiger partial charge in [0, 0.05) is 55.4 Å². The summed E-state index contributed by atoms with van der Waals surface area (Å²) in [5.41, 5.74) is 7.57. The van der Waals surface area contributed by atoms with Crippen molar-refractivity contribution in [3.63, 3.8) is 0 Å². The molecule has 1 aromatic heterocycles. The molecular formula is C27H35FN4O2. The Labute approximate surface area is 200 Å². The van der Waals surface area contributed by atoms with Crippen LogP contribution in [0, 0.1) is 33.5 Å². The van der Waals surface area contributed by atoms with Crippen LogP contribution in [0.15, 0.2) is 24.3 Å². The van der Waals surface area contributed by atoms with Crippen LogP contribution in [0.4, 0.5) is 10.1 Å². The van der Waals surface area contributed by atoms with Gasteiger partial charge in [0.25, 0.3) is 5.91 Å². The van der Waals surface area contributed by atoms with Gasteiger partial charge in [-0.3, -0.25) is 9.69 Å². The number of carbonyl (C=O) groups excluding carboxylic acids is 1. The fourth-order valence-electron chi connectivity index (χ4n) is 5.07. The number of aryl methyl sites for hydroxylation is 4. The van der Waals surface area contributed by atoms with Crippen molar-refractivity contribution in [3.8, 4) is 0 Å². The van der Waals surface area contributed by atoms with Crippen LogP contribution in [0.5, 0.6) is 0 Å². The lowest BCUT2D eigenvalue weighted by molar-refractivity contribution is 0.0458. The summed E-state index contributed by atoms with van der Waals surface area (Å²) >= 11 is 0. The molecule has 0 spiro atoms. The van der Waals surface area contributed by atoms with Crippen LogP contribution >= 0.6 is 0 Å². The van der Waals surface area contributed by atoms with Crippen LogP contribution in [0.2, 0.25) is 0 Å². The molecule has 1 saturated heterocycles. The van der Waals surface area contributed by atoms with Crippen LogP contribution in [0.25, 0.3) is 10.9 Å². The third-order valence-corrected chi connectivity index (χ3v) is 7.17. The average molecular weight is 467 g/mol. The monoisotopic (exact) mass is 466 g/mol. The number of hydrogen-bond acceptors (Lipinski definition) is 4. The van der Waals surface area contributed by atoms with Gasteiger partial charge in [-0.15, -0.1) is 0 Å². The Morgan fingerprint density at radius 3 is 2.50 bits per heavy atom. The van der Waals surface area contributed by atoms with Crippen molar-refractivity contribution in [2.75, 3.05) is 38.1 Å². The molecule has 2 aromatic carbocycles. The molecule has 1 unspecified atom stereocenters. The summed E-state index contributed by atoms with van der Waals surface area (Å²) in [7, 11) is 0. The maximum atomic E-state index is 13.8. The van der Waals surface area contributed by atoms with E-state index in [1.807, 2.05) is 37.8 Å². The fraction of sp³-hybridized carbons (Fsp3) is 0.444. The quantitative estimate of drug-likeness (QED) is 0.507. The summed E-state index contributed by atoms with van der Waals surface area (Å²) in [5, 5.41) is 13.8. The third kappa shape index (κ3) is 4.68. The Hall–Kier alpha value is -2.90. The zero-order valence-electron chi connectivity index (χ0n) is 20.8. The largest absolute Gasteiger partial charge is 0.395 e. The summed E-state index contributed by atoms with van der Waals surface area (Å²) in [5.74, 6) is -0.203. The van der Waals surface area contributed by atoms with E-state index >= 15 is 0 Å². The predicted octanol–water partition coefficient (Wildman–Crippen LogP) is 4.29. The number of anilines is 1. The molecule has 3 N–H and O–H groups in total. The first-order valence-electron chi connectivity index (χ1n) is 12.0. The molecule has 6 nitrogen and oxygen atoms in total. The zero-order chi connectivity index (χ0) is 24.6. The second-order valence-corrected chi connectivity index (χ2v) is 9.56. The number of rotatable bonds is 6. The number of aromatic nitrogens is 1. The van der Waals surface area contributed by atoms with Crippen molar-refractivity contribution in [1.29, 1.82) is 0 Å². The van der Waals surface area contributed by atoms with Crippen molar-refractivity contribution in [2.45, 2.75) is 47.2 Å². The Balaban J connectivity index is 1.66. The Bertz CT molecular complexity index is 1200. The molecule has 3 aromatic rings. The Kier molecular flexibility index (Phi) is 6.96. The van der Waals surface area contributed by atoms with E-state index in [4.69, 9.17) is 0 Å². The second kappa shape index (κ2) is 9.76. The minimum Gasteiger partial charge on any atom is -0.395 e. The second-order valence-electron chi connectivity index (χ2n) is 9.56. The molecule has 1 aliphatic rings. The van der Waals surface area contributed by atoms with Gasteiger partial charge in [0.15, 0.2) is 0 Å². The molecule has 7 heteroatoms. The predicted molar refractivity (Wildman–Crippen MR) is 135 cm³/mol. The van der Waals surface area contributed by atoms with Gasteiger partial charge < -0.3 is 20.3 Å². The van der Waals surface area contributed by atoms with Gasteiger partial charge in [0.1, 0.15) is 5.82 Å². The number of aromatic amines is 1. The molecule has 0 saturated carbocycles. The van der Waals surface area contributed by atoms with E-state index in [9.17, 15) is 14.3 Å². The first-order valence-corrected chi connectivity index (χ1v) is 12.0. The highest BCUT2D eigenvalue weighted by molar-refractivity contribution is 6.04. The number of amides is 1. The number of nitrogens with zero attached hydrogens (tertiary/aromatic N) is 2. The van der Waals surface area contributed by atoms with Gasteiger partial charge in [-0.2, -0.15) is 0 Å². The first kappa shape index (κ1) is 24.2. The van der Waals surface area contributed by atoms with Crippen molar-refractivity contribution in [3.05, 3.63) is 63.6 Å². The number of H-pyrrole nitrogens is 1. The number of piperazine rings is 1. The lowest BCUT2D eigenvalue weighted by Crippen LogP contribution is -2.54. The molecule has 1 atom stereocenters. The fourth-order valence-corrected chi connectivity index (χ4v) is 5.07. The number of benzene rings is 2. The lowest BCUT2D eigenvalue weighted by atomic mass is 10.0. The van der Waals surface area contributed by atoms with Crippen LogP contribution in [-0.4, -0.2) is 64.6 Å². The van der Waals surface area contributed by atoms with E-state index in [0.717, 1.165) is 57.6 Å². The number of hydrogen-bond donors (Lipinski definition) is 3. The Morgan fingerprint density at radius 2 is 1.85 bits per heavy atom. The number of carbonyl (C=O) groups is 1. The van der Waals surface area contributed by atoms with E-state index in [0.29, 0.717) is 25.2 Å². The maximum Gasteiger partial charge on any atom is 0.254 e. The maximum absolute atomic E-state index is 13.8. The van der Waals surface area contributed by atoms with E-state index in [2.05, 4.69) is 29.0 Å². The van der Waals surface area contributed by atoms with E-state index in [-0.39, 0.29) is 24.4 Å². The third-order valence-electron chi connectivity index (χ3n) is 7.17. The topological polar surface area (TPSA) is 71.6 Å². The van der Waals surface area contributed by atoms with Gasteiger partial charge in [-0.1, -0.05) is 0 Å². The summed E-state index contributed by atoms with van der Waals surface area (Å²) in [4.78, 5) is 21.2. The van der Waals surface area contributed by atoms with Gasteiger partial charge in [-0.25, -0.2) is 4.39 Å². The van der Waals surface area contributed by atoms with E-state index in [1.165, 1.54) is 0 Å². The number of aliphatic hydroxyl groups is 1. The smallest absolute Gasteiger partial charge is 0.254 e. The molecule has 1 aliphatic heterocycles. The zero-order valence-corrected chi connectivity index (χ0v) is 20.8. The molecule has 182 valence electrons. The summed E-state index contributed by atoms with van der Waals surface area (Å²) in [6.07, 6.45) is 0. The summed E-state index contributed by atoms with van der Waals surface area (Å²) in [6.45, 7) is 13.5. The normalized spacial score (nSPS) is 16.9. The number of halogens is 1. The van der Waals surface area contributed by atoms with E-state index in [1.54, 1.807) is 12.1 Å². The highest BCUT2D eigenvalue weighted by atomic mass is 19.1. The highest BCUT2D eigenvalue weighted by Crippen LogP contribution is 2.31. The van der Waals surface area contributed by atoms with Crippen LogP contribution in [0.1, 0.15) is 45.2 Å². The minimum atomic E-state index is -0.224. The van der Waals surface area contributed by atoms with Crippen molar-refractivity contribution < 1.29 is 14.3 Å². The van der Waals surface area contributed by atoms with E-state index < -0.39 is 0 Å². The molecule has 0 bridgehead atoms. The van der Waals surface area contributed by atoms with Crippen molar-refractivity contribution >= 4 is 22.5 Å². The average Bonchev–Trinajstić information content (AvgIpc) is 3.06. The van der Waals surface area contributed by atoms with Crippen LogP contribution in [0.3, 0.4) is 0 Å². The lowest BCUT2D eigenvalue weighted by Gasteiger charge is -2.39. The van der Waals surface area contributed by atoms with Crippen LogP contribution in [-0.2, 0) is 6.54 Å². The van der Waals surface area contributed by atoms with Crippen LogP contribution < -0.4 is 5.32 Å². The highest BCUT2D eigenvalue weighted by Gasteiger charge is 2.28. The number of fused-ring (bicyclic) bond motifs is 1. The molecule has 0 aliphatic carbocycles. The molecular weight excluding hydrogens is 431 g/mol. The number of nitrogens with one attached hydrogen (secondary N) is 2. The molecule has 1 fully saturated rings. The SMILES string of the molecule is Cc1cc(F)cc(C)c1CNc1cc(C(=O)N2CCN(CCO)CC2C)cc2c(C)c(C)[nH]c12. The number of β-amino-alcohol motifs (C(OH)–C–C–N with tert-alkyl or cyclic N) is 1. The molecule has 0 radical (unpaired) electrons. The first-order chi connectivity index (χ1) is 16.2. The number of aliphatic hydroxyl groups excluding tert-OH is 1. The molecule has 2 heterocycles. The minimum absolute atomic E-state index is 0.0218. The molecule has 4 rings (SSSR count). The van der Waals surface area contributed by atoms with Gasteiger partial charge in [-0.05, 0) is 81.1 Å². The van der Waals surface area contributed by atoms with Gasteiger partial charge in [0.05, 0.1) is 17.8 Å².